The molecule has 8 heteroatoms. The minimum atomic E-state index is -0.0482. The van der Waals surface area contributed by atoms with Crippen molar-refractivity contribution in [1.29, 1.82) is 0 Å². The fourth-order valence-corrected chi connectivity index (χ4v) is 5.10. The summed E-state index contributed by atoms with van der Waals surface area (Å²) in [7, 11) is 1.73. The average molecular weight is 434 g/mol. The summed E-state index contributed by atoms with van der Waals surface area (Å²) in [6, 6.07) is 14.7. The SMILES string of the molecule is COc1ccccc1N1CCN([C@H](c2ccccn2)c2nnnn2C2CCCCC2)CC1. The zero-order chi connectivity index (χ0) is 21.8. The molecular formula is C24H31N7O. The van der Waals surface area contributed by atoms with Gasteiger partial charge in [0.25, 0.3) is 0 Å². The van der Waals surface area contributed by atoms with Gasteiger partial charge in [0, 0.05) is 32.4 Å². The van der Waals surface area contributed by atoms with Crippen molar-refractivity contribution >= 4 is 5.69 Å². The van der Waals surface area contributed by atoms with Crippen LogP contribution < -0.4 is 9.64 Å². The maximum Gasteiger partial charge on any atom is 0.174 e. The molecule has 0 N–H and O–H groups in total. The first kappa shape index (κ1) is 20.9. The van der Waals surface area contributed by atoms with Crippen LogP contribution in [0, 0.1) is 0 Å². The second-order valence-corrected chi connectivity index (χ2v) is 8.63. The molecule has 0 amide bonds. The van der Waals surface area contributed by atoms with Gasteiger partial charge < -0.3 is 9.64 Å². The first-order valence-corrected chi connectivity index (χ1v) is 11.7. The van der Waals surface area contributed by atoms with E-state index in [4.69, 9.17) is 9.72 Å². The van der Waals surface area contributed by atoms with Crippen LogP contribution in [0.25, 0.3) is 0 Å². The number of para-hydroxylation sites is 2. The third-order valence-electron chi connectivity index (χ3n) is 6.76. The highest BCUT2D eigenvalue weighted by molar-refractivity contribution is 5.58. The maximum absolute atomic E-state index is 5.59. The highest BCUT2D eigenvalue weighted by Gasteiger charge is 2.33. The molecule has 2 aliphatic rings. The Morgan fingerprint density at radius 3 is 2.47 bits per heavy atom. The minimum absolute atomic E-state index is 0.0482. The highest BCUT2D eigenvalue weighted by atomic mass is 16.5. The fourth-order valence-electron chi connectivity index (χ4n) is 5.10. The van der Waals surface area contributed by atoms with Gasteiger partial charge in [0.15, 0.2) is 5.82 Å². The van der Waals surface area contributed by atoms with Crippen molar-refractivity contribution in [3.63, 3.8) is 0 Å². The van der Waals surface area contributed by atoms with Crippen molar-refractivity contribution in [2.75, 3.05) is 38.2 Å². The van der Waals surface area contributed by atoms with Crippen LogP contribution >= 0.6 is 0 Å². The molecule has 3 aromatic rings. The summed E-state index contributed by atoms with van der Waals surface area (Å²) in [5, 5.41) is 13.1. The Labute approximate surface area is 189 Å². The van der Waals surface area contributed by atoms with E-state index in [-0.39, 0.29) is 6.04 Å². The third-order valence-corrected chi connectivity index (χ3v) is 6.76. The molecule has 1 saturated carbocycles. The summed E-state index contributed by atoms with van der Waals surface area (Å²) in [6.07, 6.45) is 7.96. The van der Waals surface area contributed by atoms with Crippen molar-refractivity contribution in [2.45, 2.75) is 44.2 Å². The fraction of sp³-hybridized carbons (Fsp3) is 0.500. The molecule has 1 atom stereocenters. The summed E-state index contributed by atoms with van der Waals surface area (Å²) in [6.45, 7) is 3.62. The zero-order valence-electron chi connectivity index (χ0n) is 18.7. The predicted octanol–water partition coefficient (Wildman–Crippen LogP) is 3.49. The molecule has 3 heterocycles. The Kier molecular flexibility index (Phi) is 6.29. The lowest BCUT2D eigenvalue weighted by Crippen LogP contribution is -2.48. The van der Waals surface area contributed by atoms with Gasteiger partial charge in [-0.05, 0) is 47.5 Å². The van der Waals surface area contributed by atoms with Gasteiger partial charge in [0.05, 0.1) is 24.5 Å². The van der Waals surface area contributed by atoms with E-state index < -0.39 is 0 Å². The Morgan fingerprint density at radius 1 is 0.938 bits per heavy atom. The van der Waals surface area contributed by atoms with Gasteiger partial charge in [-0.15, -0.1) is 5.10 Å². The lowest BCUT2D eigenvalue weighted by atomic mass is 9.95. The van der Waals surface area contributed by atoms with E-state index in [9.17, 15) is 0 Å². The number of pyridine rings is 1. The molecular weight excluding hydrogens is 402 g/mol. The van der Waals surface area contributed by atoms with Gasteiger partial charge in [-0.2, -0.15) is 0 Å². The molecule has 32 heavy (non-hydrogen) atoms. The standard InChI is InChI=1S/C24H31N7O/c1-32-22-13-6-5-12-21(22)29-15-17-30(18-16-29)23(20-11-7-8-14-25-20)24-26-27-28-31(24)19-9-3-2-4-10-19/h5-8,11-14,19,23H,2-4,9-10,15-18H2,1H3/t23-/m1/s1. The average Bonchev–Trinajstić information content (AvgIpc) is 3.35. The zero-order valence-corrected chi connectivity index (χ0v) is 18.7. The molecule has 0 radical (unpaired) electrons. The summed E-state index contributed by atoms with van der Waals surface area (Å²) in [4.78, 5) is 9.59. The molecule has 2 fully saturated rings. The van der Waals surface area contributed by atoms with Crippen molar-refractivity contribution in [2.24, 2.45) is 0 Å². The summed E-state index contributed by atoms with van der Waals surface area (Å²) < 4.78 is 7.68. The molecule has 0 bridgehead atoms. The van der Waals surface area contributed by atoms with Crippen LogP contribution in [0.4, 0.5) is 5.69 Å². The molecule has 8 nitrogen and oxygen atoms in total. The van der Waals surface area contributed by atoms with Crippen LogP contribution in [-0.2, 0) is 0 Å². The molecule has 168 valence electrons. The van der Waals surface area contributed by atoms with Crippen LogP contribution in [0.1, 0.15) is 55.7 Å². The molecule has 0 spiro atoms. The molecule has 1 aliphatic carbocycles. The number of tetrazole rings is 1. The number of ether oxygens (including phenoxy) is 1. The summed E-state index contributed by atoms with van der Waals surface area (Å²) in [5.41, 5.74) is 2.15. The van der Waals surface area contributed by atoms with Gasteiger partial charge in [0.2, 0.25) is 0 Å². The van der Waals surface area contributed by atoms with Crippen LogP contribution in [-0.4, -0.2) is 63.4 Å². The lowest BCUT2D eigenvalue weighted by Gasteiger charge is -2.40. The molecule has 1 saturated heterocycles. The minimum Gasteiger partial charge on any atom is -0.495 e. The monoisotopic (exact) mass is 433 g/mol. The summed E-state index contributed by atoms with van der Waals surface area (Å²) in [5.74, 6) is 1.84. The Morgan fingerprint density at radius 2 is 1.72 bits per heavy atom. The second kappa shape index (κ2) is 9.65. The predicted molar refractivity (Wildman–Crippen MR) is 123 cm³/mol. The van der Waals surface area contributed by atoms with E-state index in [2.05, 4.69) is 54.3 Å². The van der Waals surface area contributed by atoms with E-state index >= 15 is 0 Å². The van der Waals surface area contributed by atoms with Crippen molar-refractivity contribution in [1.82, 2.24) is 30.1 Å². The Bertz CT molecular complexity index is 994. The van der Waals surface area contributed by atoms with Gasteiger partial charge in [0.1, 0.15) is 11.8 Å². The number of hydrogen-bond acceptors (Lipinski definition) is 7. The van der Waals surface area contributed by atoms with Gasteiger partial charge >= 0.3 is 0 Å². The van der Waals surface area contributed by atoms with E-state index in [0.29, 0.717) is 6.04 Å². The quantitative estimate of drug-likeness (QED) is 0.589. The number of rotatable bonds is 6. The van der Waals surface area contributed by atoms with Crippen LogP contribution in [0.5, 0.6) is 5.75 Å². The van der Waals surface area contributed by atoms with E-state index in [1.165, 1.54) is 19.3 Å². The molecule has 2 aromatic heterocycles. The lowest BCUT2D eigenvalue weighted by molar-refractivity contribution is 0.190. The Balaban J connectivity index is 1.41. The first-order valence-electron chi connectivity index (χ1n) is 11.7. The van der Waals surface area contributed by atoms with Gasteiger partial charge in [-0.3, -0.25) is 9.88 Å². The highest BCUT2D eigenvalue weighted by Crippen LogP contribution is 2.34. The number of aromatic nitrogens is 5. The van der Waals surface area contributed by atoms with Crippen LogP contribution in [0.3, 0.4) is 0 Å². The van der Waals surface area contributed by atoms with E-state index in [1.807, 2.05) is 24.4 Å². The molecule has 1 aliphatic heterocycles. The van der Waals surface area contributed by atoms with Gasteiger partial charge in [-0.1, -0.05) is 37.5 Å². The van der Waals surface area contributed by atoms with E-state index in [0.717, 1.165) is 62.0 Å². The number of methoxy groups -OCH3 is 1. The topological polar surface area (TPSA) is 72.2 Å². The molecule has 1 aromatic carbocycles. The smallest absolute Gasteiger partial charge is 0.174 e. The van der Waals surface area contributed by atoms with E-state index in [1.54, 1.807) is 7.11 Å². The normalized spacial score (nSPS) is 19.1. The van der Waals surface area contributed by atoms with Crippen LogP contribution in [0.15, 0.2) is 48.7 Å². The maximum atomic E-state index is 5.59. The summed E-state index contributed by atoms with van der Waals surface area (Å²) >= 11 is 0. The largest absolute Gasteiger partial charge is 0.495 e. The molecule has 0 unspecified atom stereocenters. The first-order chi connectivity index (χ1) is 15.8. The number of piperazine rings is 1. The van der Waals surface area contributed by atoms with Crippen molar-refractivity contribution in [3.8, 4) is 5.75 Å². The number of hydrogen-bond donors (Lipinski definition) is 0. The number of nitrogens with zero attached hydrogens (tertiary/aromatic N) is 7. The number of anilines is 1. The number of benzene rings is 1. The Hall–Kier alpha value is -3.00. The van der Waals surface area contributed by atoms with Gasteiger partial charge in [-0.25, -0.2) is 4.68 Å². The van der Waals surface area contributed by atoms with Crippen molar-refractivity contribution in [3.05, 3.63) is 60.2 Å². The van der Waals surface area contributed by atoms with Crippen molar-refractivity contribution < 1.29 is 4.74 Å². The molecule has 5 rings (SSSR count). The second-order valence-electron chi connectivity index (χ2n) is 8.63. The third kappa shape index (κ3) is 4.19. The van der Waals surface area contributed by atoms with Crippen LogP contribution in [0.2, 0.25) is 0 Å².